The molecule has 0 bridgehead atoms. The summed E-state index contributed by atoms with van der Waals surface area (Å²) < 4.78 is 4.86. The highest BCUT2D eigenvalue weighted by atomic mass is 15.2. The first-order valence-corrected chi connectivity index (χ1v) is 17.6. The van der Waals surface area contributed by atoms with Gasteiger partial charge in [-0.3, -0.25) is 4.57 Å². The van der Waals surface area contributed by atoms with Gasteiger partial charge in [0.1, 0.15) is 0 Å². The number of aromatic nitrogens is 4. The Morgan fingerprint density at radius 1 is 0.490 bits per heavy atom. The molecular formula is C47H32N4. The Labute approximate surface area is 294 Å². The quantitative estimate of drug-likeness (QED) is 0.190. The van der Waals surface area contributed by atoms with Gasteiger partial charge in [-0.25, -0.2) is 9.97 Å². The van der Waals surface area contributed by atoms with E-state index in [1.807, 2.05) is 0 Å². The summed E-state index contributed by atoms with van der Waals surface area (Å²) in [5, 5.41) is 5.97. The average molecular weight is 653 g/mol. The van der Waals surface area contributed by atoms with Crippen molar-refractivity contribution in [1.82, 2.24) is 19.1 Å². The molecule has 3 aromatic heterocycles. The normalized spacial score (nSPS) is 13.5. The Hall–Kier alpha value is -6.52. The van der Waals surface area contributed by atoms with Crippen LogP contribution in [0.5, 0.6) is 0 Å². The van der Waals surface area contributed by atoms with E-state index >= 15 is 0 Å². The molecule has 240 valence electrons. The van der Waals surface area contributed by atoms with Crippen molar-refractivity contribution in [2.24, 2.45) is 0 Å². The monoisotopic (exact) mass is 652 g/mol. The van der Waals surface area contributed by atoms with Crippen LogP contribution in [-0.2, 0) is 5.41 Å². The molecule has 4 heteroatoms. The van der Waals surface area contributed by atoms with E-state index < -0.39 is 0 Å². The van der Waals surface area contributed by atoms with E-state index in [0.717, 1.165) is 38.9 Å². The van der Waals surface area contributed by atoms with E-state index in [2.05, 4.69) is 181 Å². The van der Waals surface area contributed by atoms with Gasteiger partial charge in [-0.2, -0.15) is 0 Å². The molecule has 51 heavy (non-hydrogen) atoms. The predicted octanol–water partition coefficient (Wildman–Crippen LogP) is 11.8. The summed E-state index contributed by atoms with van der Waals surface area (Å²) in [5.74, 6) is 0.675. The van der Waals surface area contributed by atoms with Crippen molar-refractivity contribution in [3.63, 3.8) is 0 Å². The van der Waals surface area contributed by atoms with Gasteiger partial charge in [0.05, 0.1) is 33.3 Å². The molecule has 7 aromatic carbocycles. The van der Waals surface area contributed by atoms with Gasteiger partial charge in [0.2, 0.25) is 5.95 Å². The second-order valence-corrected chi connectivity index (χ2v) is 14.2. The smallest absolute Gasteiger partial charge is 0.235 e. The van der Waals surface area contributed by atoms with Gasteiger partial charge >= 0.3 is 0 Å². The minimum Gasteiger partial charge on any atom is -0.309 e. The second-order valence-electron chi connectivity index (χ2n) is 14.2. The minimum atomic E-state index is -0.278. The lowest BCUT2D eigenvalue weighted by Gasteiger charge is -2.24. The Bertz CT molecular complexity index is 3040. The Balaban J connectivity index is 1.42. The van der Waals surface area contributed by atoms with Crippen molar-refractivity contribution in [1.29, 1.82) is 0 Å². The van der Waals surface area contributed by atoms with Crippen molar-refractivity contribution in [2.45, 2.75) is 19.3 Å². The summed E-state index contributed by atoms with van der Waals surface area (Å²) in [7, 11) is 0. The van der Waals surface area contributed by atoms with Gasteiger partial charge in [0.25, 0.3) is 0 Å². The summed E-state index contributed by atoms with van der Waals surface area (Å²) in [6.45, 7) is 4.78. The highest BCUT2D eigenvalue weighted by molar-refractivity contribution is 6.33. The Morgan fingerprint density at radius 2 is 1.06 bits per heavy atom. The van der Waals surface area contributed by atoms with Crippen LogP contribution < -0.4 is 0 Å². The molecule has 4 nitrogen and oxygen atoms in total. The first-order valence-electron chi connectivity index (χ1n) is 17.6. The molecule has 0 fully saturated rings. The van der Waals surface area contributed by atoms with Crippen molar-refractivity contribution >= 4 is 54.5 Å². The van der Waals surface area contributed by atoms with Crippen molar-refractivity contribution in [2.75, 3.05) is 0 Å². The fourth-order valence-corrected chi connectivity index (χ4v) is 8.98. The number of nitrogens with zero attached hydrogens (tertiary/aromatic N) is 4. The predicted molar refractivity (Wildman–Crippen MR) is 211 cm³/mol. The van der Waals surface area contributed by atoms with Crippen LogP contribution in [0.2, 0.25) is 0 Å². The van der Waals surface area contributed by atoms with E-state index in [-0.39, 0.29) is 5.41 Å². The van der Waals surface area contributed by atoms with Crippen LogP contribution in [0.15, 0.2) is 158 Å². The molecule has 1 aliphatic carbocycles. The van der Waals surface area contributed by atoms with Gasteiger partial charge in [0.15, 0.2) is 0 Å². The van der Waals surface area contributed by atoms with Crippen LogP contribution in [0.4, 0.5) is 0 Å². The molecule has 0 amide bonds. The van der Waals surface area contributed by atoms with Crippen LogP contribution in [0, 0.1) is 0 Å². The van der Waals surface area contributed by atoms with Crippen molar-refractivity contribution < 1.29 is 0 Å². The molecule has 11 rings (SSSR count). The van der Waals surface area contributed by atoms with E-state index in [9.17, 15) is 0 Å². The van der Waals surface area contributed by atoms with Gasteiger partial charge in [0, 0.05) is 49.2 Å². The zero-order chi connectivity index (χ0) is 33.8. The lowest BCUT2D eigenvalue weighted by atomic mass is 9.81. The summed E-state index contributed by atoms with van der Waals surface area (Å²) in [4.78, 5) is 10.8. The molecule has 3 heterocycles. The molecule has 0 saturated carbocycles. The van der Waals surface area contributed by atoms with E-state index in [1.165, 1.54) is 54.8 Å². The highest BCUT2D eigenvalue weighted by Gasteiger charge is 2.42. The van der Waals surface area contributed by atoms with Gasteiger partial charge in [-0.1, -0.05) is 141 Å². The second kappa shape index (κ2) is 10.3. The average Bonchev–Trinajstić information content (AvgIpc) is 3.78. The molecule has 0 radical (unpaired) electrons. The summed E-state index contributed by atoms with van der Waals surface area (Å²) in [6.07, 6.45) is 0. The number of hydrogen-bond acceptors (Lipinski definition) is 2. The van der Waals surface area contributed by atoms with Gasteiger partial charge in [-0.05, 0) is 47.0 Å². The minimum absolute atomic E-state index is 0.278. The van der Waals surface area contributed by atoms with Gasteiger partial charge in [-0.15, -0.1) is 0 Å². The third-order valence-corrected chi connectivity index (χ3v) is 11.1. The zero-order valence-corrected chi connectivity index (χ0v) is 28.3. The maximum Gasteiger partial charge on any atom is 0.235 e. The SMILES string of the molecule is CC1(C)c2ccccc2-c2c1c1c(c3ccccc3n1-c1ccccc1)c1c3ccccc3n(-c3nc(-c4ccccc4)c4ccccc4n3)c21. The summed E-state index contributed by atoms with van der Waals surface area (Å²) >= 11 is 0. The number of para-hydroxylation sites is 4. The number of hydrogen-bond donors (Lipinski definition) is 0. The van der Waals surface area contributed by atoms with Crippen LogP contribution in [-0.4, -0.2) is 19.1 Å². The first kappa shape index (κ1) is 28.3. The number of benzene rings is 7. The molecule has 0 N–H and O–H groups in total. The fourth-order valence-electron chi connectivity index (χ4n) is 8.98. The maximum atomic E-state index is 5.47. The number of fused-ring (bicyclic) bond motifs is 13. The molecule has 10 aromatic rings. The highest BCUT2D eigenvalue weighted by Crippen LogP contribution is 2.58. The third-order valence-electron chi connectivity index (χ3n) is 11.1. The standard InChI is InChI=1S/C47H32N4/c1-47(2)35-25-13-9-21-31(35)41-42(47)45-40(33-23-11-15-27-37(33)50(45)30-19-7-4-8-20-30)39-34-24-12-16-28-38(34)51(44(39)41)46-48-36-26-14-10-22-32(36)43(49-46)29-17-5-3-6-18-29/h3-28H,1-2H3. The fraction of sp³-hybridized carbons (Fsp3) is 0.0638. The summed E-state index contributed by atoms with van der Waals surface area (Å²) in [6, 6.07) is 56.4. The molecule has 0 unspecified atom stereocenters. The van der Waals surface area contributed by atoms with Crippen molar-refractivity contribution in [3.05, 3.63) is 169 Å². The van der Waals surface area contributed by atoms with Crippen LogP contribution >= 0.6 is 0 Å². The van der Waals surface area contributed by atoms with Crippen LogP contribution in [0.25, 0.3) is 88.5 Å². The Morgan fingerprint density at radius 3 is 1.80 bits per heavy atom. The molecule has 0 saturated heterocycles. The lowest BCUT2D eigenvalue weighted by molar-refractivity contribution is 0.664. The van der Waals surface area contributed by atoms with E-state index in [4.69, 9.17) is 9.97 Å². The van der Waals surface area contributed by atoms with Crippen molar-refractivity contribution in [3.8, 4) is 34.0 Å². The topological polar surface area (TPSA) is 35.6 Å². The van der Waals surface area contributed by atoms with E-state index in [1.54, 1.807) is 0 Å². The summed E-state index contributed by atoms with van der Waals surface area (Å²) in [5.41, 5.74) is 13.7. The molecular weight excluding hydrogens is 621 g/mol. The molecule has 0 atom stereocenters. The molecule has 0 spiro atoms. The zero-order valence-electron chi connectivity index (χ0n) is 28.3. The largest absolute Gasteiger partial charge is 0.309 e. The van der Waals surface area contributed by atoms with Crippen LogP contribution in [0.3, 0.4) is 0 Å². The third kappa shape index (κ3) is 3.74. The maximum absolute atomic E-state index is 5.47. The van der Waals surface area contributed by atoms with Gasteiger partial charge < -0.3 is 4.57 Å². The lowest BCUT2D eigenvalue weighted by Crippen LogP contribution is -2.16. The van der Waals surface area contributed by atoms with Crippen LogP contribution in [0.1, 0.15) is 25.0 Å². The first-order chi connectivity index (χ1) is 25.1. The molecule has 1 aliphatic rings. The molecule has 0 aliphatic heterocycles. The Kier molecular flexibility index (Phi) is 5.70. The number of rotatable bonds is 3. The van der Waals surface area contributed by atoms with E-state index in [0.29, 0.717) is 5.95 Å².